The first-order chi connectivity index (χ1) is 27.5. The molecule has 1 saturated heterocycles. The second-order valence-electron chi connectivity index (χ2n) is 12.4. The Morgan fingerprint density at radius 3 is 1.42 bits per heavy atom. The number of allylic oxidation sites excluding steroid dienone is 1. The molecule has 3 nitrogen and oxygen atoms in total. The van der Waals surface area contributed by atoms with Crippen LogP contribution < -0.4 is 0 Å². The lowest BCUT2D eigenvalue weighted by atomic mass is 10.1. The summed E-state index contributed by atoms with van der Waals surface area (Å²) in [7, 11) is 0. The van der Waals surface area contributed by atoms with Crippen molar-refractivity contribution < 1.29 is 9.53 Å². The Hall–Kier alpha value is -6.71. The predicted molar refractivity (Wildman–Crippen MR) is 254 cm³/mol. The van der Waals surface area contributed by atoms with Gasteiger partial charge < -0.3 is 9.64 Å². The van der Waals surface area contributed by atoms with Crippen molar-refractivity contribution in [2.45, 2.75) is 40.5 Å². The van der Waals surface area contributed by atoms with Crippen molar-refractivity contribution in [3.63, 3.8) is 0 Å². The van der Waals surface area contributed by atoms with Gasteiger partial charge in [-0.3, -0.25) is 4.79 Å². The molecule has 5 aromatic rings. The van der Waals surface area contributed by atoms with E-state index in [-0.39, 0.29) is 5.91 Å². The molecule has 1 aliphatic rings. The minimum atomic E-state index is 0.208. The topological polar surface area (TPSA) is 29.5 Å². The van der Waals surface area contributed by atoms with Crippen LogP contribution in [0, 0.1) is 20.8 Å². The van der Waals surface area contributed by atoms with E-state index in [9.17, 15) is 4.79 Å². The van der Waals surface area contributed by atoms with Crippen LogP contribution in [0.2, 0.25) is 0 Å². The maximum atomic E-state index is 10.7. The average molecular weight is 758 g/mol. The normalized spacial score (nSPS) is 10.1. The molecular formula is C54H63NO2. The first kappa shape index (κ1) is 50.3. The van der Waals surface area contributed by atoms with Crippen LogP contribution in [-0.4, -0.2) is 17.4 Å². The highest BCUT2D eigenvalue weighted by Crippen LogP contribution is 2.10. The Balaban J connectivity index is 0.000000646. The number of aryl methyl sites for hydroxylation is 3. The van der Waals surface area contributed by atoms with Crippen LogP contribution >= 0.6 is 0 Å². The fourth-order valence-electron chi connectivity index (χ4n) is 4.56. The van der Waals surface area contributed by atoms with Gasteiger partial charge in [-0.15, -0.1) is 0 Å². The minimum Gasteiger partial charge on any atom is -0.474 e. The molecule has 1 fully saturated rings. The van der Waals surface area contributed by atoms with Crippen LogP contribution in [0.4, 0.5) is 0 Å². The van der Waals surface area contributed by atoms with Crippen LogP contribution in [0.15, 0.2) is 205 Å². The lowest BCUT2D eigenvalue weighted by Gasteiger charge is -2.05. The molecule has 0 bridgehead atoms. The van der Waals surface area contributed by atoms with Crippen molar-refractivity contribution in [3.8, 4) is 0 Å². The molecular weight excluding hydrogens is 695 g/mol. The number of rotatable bonds is 8. The zero-order valence-corrected chi connectivity index (χ0v) is 34.8. The molecule has 1 heterocycles. The molecule has 0 radical (unpaired) electrons. The highest BCUT2D eigenvalue weighted by Gasteiger charge is 2.16. The summed E-state index contributed by atoms with van der Waals surface area (Å²) in [6, 6.07) is 44.9. The number of carbonyl (C=O) groups is 1. The fraction of sp³-hybridized carbons (Fsp3) is 0.130. The van der Waals surface area contributed by atoms with Crippen LogP contribution in [0.3, 0.4) is 0 Å². The molecule has 3 heteroatoms. The number of nitrogens with zero attached hydrogens (tertiary/aromatic N) is 1. The third kappa shape index (κ3) is 25.1. The molecule has 0 unspecified atom stereocenters. The minimum absolute atomic E-state index is 0.208. The van der Waals surface area contributed by atoms with Gasteiger partial charge >= 0.3 is 0 Å². The summed E-state index contributed by atoms with van der Waals surface area (Å²) in [4.78, 5) is 12.3. The number of hydrogen-bond acceptors (Lipinski definition) is 2. The molecule has 296 valence electrons. The van der Waals surface area contributed by atoms with E-state index in [1.54, 1.807) is 11.1 Å². The van der Waals surface area contributed by atoms with Gasteiger partial charge in [0, 0.05) is 13.0 Å². The van der Waals surface area contributed by atoms with E-state index in [4.69, 9.17) is 0 Å². The second-order valence-corrected chi connectivity index (χ2v) is 12.4. The van der Waals surface area contributed by atoms with Crippen molar-refractivity contribution in [1.82, 2.24) is 4.90 Å². The molecule has 6 rings (SSSR count). The molecule has 0 N–H and O–H groups in total. The quantitative estimate of drug-likeness (QED) is 0.148. The van der Waals surface area contributed by atoms with Gasteiger partial charge in [0.25, 0.3) is 0 Å². The number of likely N-dealkylation sites (tertiary alicyclic amines) is 1. The van der Waals surface area contributed by atoms with E-state index in [2.05, 4.69) is 139 Å². The highest BCUT2D eigenvalue weighted by molar-refractivity contribution is 5.79. The van der Waals surface area contributed by atoms with Crippen molar-refractivity contribution in [2.24, 2.45) is 0 Å². The van der Waals surface area contributed by atoms with Crippen LogP contribution in [0.5, 0.6) is 0 Å². The third-order valence-electron chi connectivity index (χ3n) is 7.82. The first-order valence-corrected chi connectivity index (χ1v) is 18.7. The number of carbonyl (C=O) groups excluding carboxylic acids is 1. The standard InChI is InChI=1S/4C9H10.C8H8.C6H9NO.C4H6O/c1-8(2)9-6-4-3-5-7-9;1-3-9-6-4-8(2)5-7-9;1-3-9-6-4-5-8(2)7-9;1-3-9-7-5-4-6-8(9)2;1-2-8-6-4-3-5-7-8;1-2-7-5-3-4-6(7)8;1-3-5-4-2/h4*3-7H,1H2,2H3;2-7H,1H2;2H,1,3-5H2;3-4H,1-2H2. The molecule has 57 heavy (non-hydrogen) atoms. The Morgan fingerprint density at radius 2 is 1.09 bits per heavy atom. The van der Waals surface area contributed by atoms with Gasteiger partial charge in [-0.2, -0.15) is 0 Å². The van der Waals surface area contributed by atoms with Gasteiger partial charge in [0.15, 0.2) is 0 Å². The molecule has 1 amide bonds. The second kappa shape index (κ2) is 32.7. The smallest absolute Gasteiger partial charge is 0.226 e. The lowest BCUT2D eigenvalue weighted by molar-refractivity contribution is -0.125. The summed E-state index contributed by atoms with van der Waals surface area (Å²) in [5.41, 5.74) is 11.0. The van der Waals surface area contributed by atoms with Gasteiger partial charge in [-0.1, -0.05) is 227 Å². The summed E-state index contributed by atoms with van der Waals surface area (Å²) >= 11 is 0. The summed E-state index contributed by atoms with van der Waals surface area (Å²) < 4.78 is 4.36. The monoisotopic (exact) mass is 757 g/mol. The predicted octanol–water partition coefficient (Wildman–Crippen LogP) is 15.0. The van der Waals surface area contributed by atoms with Crippen molar-refractivity contribution in [2.75, 3.05) is 6.54 Å². The zero-order chi connectivity index (χ0) is 42.7. The average Bonchev–Trinajstić information content (AvgIpc) is 3.68. The lowest BCUT2D eigenvalue weighted by Crippen LogP contribution is -2.16. The van der Waals surface area contributed by atoms with Gasteiger partial charge in [0.2, 0.25) is 5.91 Å². The van der Waals surface area contributed by atoms with E-state index in [0.717, 1.165) is 18.5 Å². The first-order valence-electron chi connectivity index (χ1n) is 18.7. The SMILES string of the molecule is C=C(C)c1ccccc1.C=CN1CCCC1=O.C=COC=C.C=Cc1ccc(C)cc1.C=Cc1cccc(C)c1.C=Cc1ccccc1.C=Cc1ccccc1C. The zero-order valence-electron chi connectivity index (χ0n) is 34.8. The molecule has 0 aliphatic carbocycles. The Labute approximate surface area is 345 Å². The summed E-state index contributed by atoms with van der Waals surface area (Å²) in [5, 5.41) is 0. The number of ether oxygens (including phenoxy) is 1. The third-order valence-corrected chi connectivity index (χ3v) is 7.82. The number of benzene rings is 5. The van der Waals surface area contributed by atoms with Crippen molar-refractivity contribution >= 4 is 35.8 Å². The van der Waals surface area contributed by atoms with Crippen molar-refractivity contribution in [1.29, 1.82) is 0 Å². The van der Waals surface area contributed by atoms with Gasteiger partial charge in [0.05, 0.1) is 12.5 Å². The summed E-state index contributed by atoms with van der Waals surface area (Å²) in [6.07, 6.45) is 13.3. The fourth-order valence-corrected chi connectivity index (χ4v) is 4.56. The van der Waals surface area contributed by atoms with Crippen LogP contribution in [0.25, 0.3) is 29.9 Å². The maximum absolute atomic E-state index is 10.7. The van der Waals surface area contributed by atoms with Crippen LogP contribution in [0.1, 0.15) is 64.3 Å². The molecule has 0 spiro atoms. The van der Waals surface area contributed by atoms with E-state index in [0.29, 0.717) is 6.42 Å². The van der Waals surface area contributed by atoms with Crippen LogP contribution in [-0.2, 0) is 9.53 Å². The Morgan fingerprint density at radius 1 is 0.579 bits per heavy atom. The Bertz CT molecular complexity index is 1910. The summed E-state index contributed by atoms with van der Waals surface area (Å²) in [6.45, 7) is 37.6. The highest BCUT2D eigenvalue weighted by atomic mass is 16.5. The molecule has 1 aliphatic heterocycles. The van der Waals surface area contributed by atoms with Gasteiger partial charge in [-0.05, 0) is 73.7 Å². The molecule has 0 aromatic heterocycles. The Kier molecular flexibility index (Phi) is 28.8. The molecule has 0 saturated carbocycles. The van der Waals surface area contributed by atoms with E-state index >= 15 is 0 Å². The van der Waals surface area contributed by atoms with E-state index in [1.165, 1.54) is 57.0 Å². The molecule has 0 atom stereocenters. The summed E-state index contributed by atoms with van der Waals surface area (Å²) in [5.74, 6) is 0.208. The van der Waals surface area contributed by atoms with Gasteiger partial charge in [-0.25, -0.2) is 0 Å². The number of amides is 1. The van der Waals surface area contributed by atoms with Crippen molar-refractivity contribution in [3.05, 3.63) is 249 Å². The molecule has 5 aromatic carbocycles. The van der Waals surface area contributed by atoms with E-state index in [1.807, 2.05) is 104 Å². The largest absolute Gasteiger partial charge is 0.474 e. The number of hydrogen-bond donors (Lipinski definition) is 0. The van der Waals surface area contributed by atoms with Gasteiger partial charge in [0.1, 0.15) is 0 Å². The van der Waals surface area contributed by atoms with E-state index < -0.39 is 0 Å². The maximum Gasteiger partial charge on any atom is 0.226 e.